The van der Waals surface area contributed by atoms with E-state index in [0.717, 1.165) is 22.6 Å². The van der Waals surface area contributed by atoms with Gasteiger partial charge in [-0.25, -0.2) is 4.79 Å². The lowest BCUT2D eigenvalue weighted by Crippen LogP contribution is -2.16. The molecule has 3 aromatic carbocycles. The van der Waals surface area contributed by atoms with Gasteiger partial charge in [-0.1, -0.05) is 30.3 Å². The van der Waals surface area contributed by atoms with E-state index >= 15 is 0 Å². The molecule has 0 aliphatic carbocycles. The maximum atomic E-state index is 12.3. The molecule has 0 saturated heterocycles. The van der Waals surface area contributed by atoms with E-state index in [9.17, 15) is 4.79 Å². The fraction of sp³-hybridized carbons (Fsp3) is 0. The molecule has 0 spiro atoms. The van der Waals surface area contributed by atoms with Crippen molar-refractivity contribution in [1.29, 1.82) is 0 Å². The van der Waals surface area contributed by atoms with Crippen LogP contribution < -0.4 is 19.5 Å². The average molecular weight is 463 g/mol. The van der Waals surface area contributed by atoms with E-state index in [0.29, 0.717) is 23.1 Å². The first-order valence-corrected chi connectivity index (χ1v) is 10.9. The summed E-state index contributed by atoms with van der Waals surface area (Å²) in [7, 11) is 0. The zero-order valence-electron chi connectivity index (χ0n) is 18.5. The molecular weight excluding hydrogens is 442 g/mol. The van der Waals surface area contributed by atoms with E-state index in [4.69, 9.17) is 14.2 Å². The quantitative estimate of drug-likeness (QED) is 0.265. The SMILES string of the molecule is O=C(Nc1ccc(Oc2ccncc2)cc1)Oc1cc(-c2ccc(Oc3ccccc3)cc2)c[nH]1. The van der Waals surface area contributed by atoms with E-state index in [1.807, 2.05) is 54.6 Å². The molecule has 0 fully saturated rings. The van der Waals surface area contributed by atoms with Crippen molar-refractivity contribution in [3.8, 4) is 40.0 Å². The fourth-order valence-electron chi connectivity index (χ4n) is 3.33. The van der Waals surface area contributed by atoms with Crippen molar-refractivity contribution in [3.05, 3.63) is 116 Å². The third-order valence-corrected chi connectivity index (χ3v) is 5.01. The number of anilines is 1. The molecule has 0 atom stereocenters. The number of H-pyrrole nitrogens is 1. The standard InChI is InChI=1S/C28H21N3O4/c32-28(31-22-8-12-25(13-9-22)34-26-14-16-29-17-15-26)35-27-18-21(19-30-27)20-6-10-24(11-7-20)33-23-4-2-1-3-5-23/h1-19,30H,(H,31,32). The summed E-state index contributed by atoms with van der Waals surface area (Å²) in [6, 6.07) is 29.5. The van der Waals surface area contributed by atoms with Crippen LogP contribution in [0.15, 0.2) is 116 Å². The van der Waals surface area contributed by atoms with Crippen LogP contribution in [0.5, 0.6) is 28.9 Å². The average Bonchev–Trinajstić information content (AvgIpc) is 3.35. The molecule has 7 heteroatoms. The number of carbonyl (C=O) groups excluding carboxylic acids is 1. The van der Waals surface area contributed by atoms with Crippen molar-refractivity contribution in [3.63, 3.8) is 0 Å². The summed E-state index contributed by atoms with van der Waals surface area (Å²) in [5, 5.41) is 2.70. The van der Waals surface area contributed by atoms with E-state index < -0.39 is 6.09 Å². The topological polar surface area (TPSA) is 85.5 Å². The van der Waals surface area contributed by atoms with Crippen molar-refractivity contribution < 1.29 is 19.0 Å². The van der Waals surface area contributed by atoms with E-state index in [1.165, 1.54) is 0 Å². The molecule has 7 nitrogen and oxygen atoms in total. The van der Waals surface area contributed by atoms with Gasteiger partial charge in [0.2, 0.25) is 5.88 Å². The molecule has 5 aromatic rings. The summed E-state index contributed by atoms with van der Waals surface area (Å²) in [6.07, 6.45) is 4.49. The van der Waals surface area contributed by atoms with Gasteiger partial charge in [0.1, 0.15) is 23.0 Å². The summed E-state index contributed by atoms with van der Waals surface area (Å²) in [6.45, 7) is 0. The first-order valence-electron chi connectivity index (χ1n) is 10.9. The Morgan fingerprint density at radius 1 is 0.686 bits per heavy atom. The van der Waals surface area contributed by atoms with Gasteiger partial charge in [0.15, 0.2) is 0 Å². The molecule has 0 unspecified atom stereocenters. The number of benzene rings is 3. The van der Waals surface area contributed by atoms with Crippen molar-refractivity contribution in [1.82, 2.24) is 9.97 Å². The maximum Gasteiger partial charge on any atom is 0.418 e. The predicted octanol–water partition coefficient (Wildman–Crippen LogP) is 7.27. The van der Waals surface area contributed by atoms with Crippen LogP contribution in [0.2, 0.25) is 0 Å². The van der Waals surface area contributed by atoms with Crippen LogP contribution >= 0.6 is 0 Å². The van der Waals surface area contributed by atoms with Gasteiger partial charge < -0.3 is 19.2 Å². The number of hydrogen-bond donors (Lipinski definition) is 2. The van der Waals surface area contributed by atoms with Crippen LogP contribution in [0.4, 0.5) is 10.5 Å². The van der Waals surface area contributed by atoms with Crippen LogP contribution in [-0.4, -0.2) is 16.1 Å². The molecule has 0 aliphatic rings. The number of aromatic nitrogens is 2. The molecule has 1 amide bonds. The van der Waals surface area contributed by atoms with Crippen LogP contribution in [0.3, 0.4) is 0 Å². The fourth-order valence-corrected chi connectivity index (χ4v) is 3.33. The Hall–Kier alpha value is -5.04. The first kappa shape index (κ1) is 21.8. The van der Waals surface area contributed by atoms with Gasteiger partial charge in [-0.15, -0.1) is 0 Å². The second-order valence-corrected chi connectivity index (χ2v) is 7.52. The Morgan fingerprint density at radius 2 is 1.29 bits per heavy atom. The molecular formula is C28H21N3O4. The van der Waals surface area contributed by atoms with Crippen molar-refractivity contribution in [2.45, 2.75) is 0 Å². The van der Waals surface area contributed by atoms with Gasteiger partial charge in [0.05, 0.1) is 0 Å². The van der Waals surface area contributed by atoms with Gasteiger partial charge in [-0.2, -0.15) is 0 Å². The molecule has 0 saturated carbocycles. The molecule has 2 aromatic heterocycles. The molecule has 0 aliphatic heterocycles. The number of rotatable bonds is 7. The smallest absolute Gasteiger partial charge is 0.418 e. The summed E-state index contributed by atoms with van der Waals surface area (Å²) < 4.78 is 16.9. The summed E-state index contributed by atoms with van der Waals surface area (Å²) >= 11 is 0. The van der Waals surface area contributed by atoms with E-state index in [2.05, 4.69) is 15.3 Å². The van der Waals surface area contributed by atoms with Crippen molar-refractivity contribution >= 4 is 11.8 Å². The predicted molar refractivity (Wildman–Crippen MR) is 133 cm³/mol. The van der Waals surface area contributed by atoms with Crippen molar-refractivity contribution in [2.75, 3.05) is 5.32 Å². The number of pyridine rings is 1. The van der Waals surface area contributed by atoms with Crippen LogP contribution in [-0.2, 0) is 0 Å². The summed E-state index contributed by atoms with van der Waals surface area (Å²) in [5.41, 5.74) is 2.43. The maximum absolute atomic E-state index is 12.3. The van der Waals surface area contributed by atoms with Gasteiger partial charge in [0.25, 0.3) is 0 Å². The van der Waals surface area contributed by atoms with Crippen LogP contribution in [0.25, 0.3) is 11.1 Å². The highest BCUT2D eigenvalue weighted by Crippen LogP contribution is 2.28. The molecule has 0 bridgehead atoms. The zero-order valence-corrected chi connectivity index (χ0v) is 18.5. The Kier molecular flexibility index (Phi) is 6.39. The molecule has 2 N–H and O–H groups in total. The normalized spacial score (nSPS) is 10.4. The lowest BCUT2D eigenvalue weighted by atomic mass is 10.1. The number of nitrogens with zero attached hydrogens (tertiary/aromatic N) is 1. The molecule has 5 rings (SSSR count). The first-order chi connectivity index (χ1) is 17.2. The minimum Gasteiger partial charge on any atom is -0.457 e. The van der Waals surface area contributed by atoms with Crippen LogP contribution in [0.1, 0.15) is 0 Å². The molecule has 2 heterocycles. The minimum atomic E-state index is -0.604. The van der Waals surface area contributed by atoms with Gasteiger partial charge in [0, 0.05) is 35.9 Å². The lowest BCUT2D eigenvalue weighted by molar-refractivity contribution is 0.213. The Balaban J connectivity index is 1.15. The number of para-hydroxylation sites is 1. The zero-order chi connectivity index (χ0) is 23.9. The second kappa shape index (κ2) is 10.3. The third kappa shape index (κ3) is 5.85. The number of ether oxygens (including phenoxy) is 3. The van der Waals surface area contributed by atoms with E-state index in [-0.39, 0.29) is 0 Å². The Labute approximate surface area is 202 Å². The highest BCUT2D eigenvalue weighted by molar-refractivity contribution is 5.86. The Bertz CT molecular complexity index is 1380. The molecule has 35 heavy (non-hydrogen) atoms. The van der Waals surface area contributed by atoms with Gasteiger partial charge >= 0.3 is 6.09 Å². The lowest BCUT2D eigenvalue weighted by Gasteiger charge is -2.08. The summed E-state index contributed by atoms with van der Waals surface area (Å²) in [4.78, 5) is 19.2. The minimum absolute atomic E-state index is 0.333. The summed E-state index contributed by atoms with van der Waals surface area (Å²) in [5.74, 6) is 3.17. The van der Waals surface area contributed by atoms with Crippen LogP contribution in [0, 0.1) is 0 Å². The number of carbonyl (C=O) groups is 1. The van der Waals surface area contributed by atoms with Crippen molar-refractivity contribution in [2.24, 2.45) is 0 Å². The van der Waals surface area contributed by atoms with Gasteiger partial charge in [-0.3, -0.25) is 10.3 Å². The largest absolute Gasteiger partial charge is 0.457 e. The number of amides is 1. The van der Waals surface area contributed by atoms with E-state index in [1.54, 1.807) is 61.1 Å². The molecule has 0 radical (unpaired) electrons. The molecule has 172 valence electrons. The Morgan fingerprint density at radius 3 is 1.97 bits per heavy atom. The highest BCUT2D eigenvalue weighted by Gasteiger charge is 2.09. The number of aromatic amines is 1. The number of hydrogen-bond acceptors (Lipinski definition) is 5. The second-order valence-electron chi connectivity index (χ2n) is 7.52. The van der Waals surface area contributed by atoms with Gasteiger partial charge in [-0.05, 0) is 66.2 Å². The third-order valence-electron chi connectivity index (χ3n) is 5.01. The highest BCUT2D eigenvalue weighted by atomic mass is 16.6. The number of nitrogens with one attached hydrogen (secondary N) is 2. The monoisotopic (exact) mass is 463 g/mol.